The molecule has 0 radical (unpaired) electrons. The standard InChI is InChI=1S/C12H12ClNO/c13-10-6-2-1-5-9(10)12(14)8-4-3-7-11(12)15/h1-3,5-7H,4,8,14H2/i1D,2D,3D,5D,6D,7D,8D2. The van der Waals surface area contributed by atoms with E-state index in [2.05, 4.69) is 0 Å². The smallest absolute Gasteiger partial charge is 0.179 e. The van der Waals surface area contributed by atoms with Crippen molar-refractivity contribution in [2.75, 3.05) is 0 Å². The third-order valence-corrected chi connectivity index (χ3v) is 2.34. The van der Waals surface area contributed by atoms with E-state index in [9.17, 15) is 4.79 Å². The van der Waals surface area contributed by atoms with Gasteiger partial charge in [0.15, 0.2) is 5.78 Å². The molecule has 0 aliphatic heterocycles. The lowest BCUT2D eigenvalue weighted by atomic mass is 9.79. The largest absolute Gasteiger partial charge is 0.315 e. The Morgan fingerprint density at radius 1 is 1.53 bits per heavy atom. The minimum absolute atomic E-state index is 0.530. The second kappa shape index (κ2) is 3.80. The van der Waals surface area contributed by atoms with E-state index in [-0.39, 0.29) is 0 Å². The number of allylic oxidation sites excluding steroid dienone is 1. The third kappa shape index (κ3) is 1.71. The van der Waals surface area contributed by atoms with Crippen LogP contribution in [-0.2, 0) is 10.3 Å². The number of ketones is 1. The molecule has 15 heavy (non-hydrogen) atoms. The van der Waals surface area contributed by atoms with Crippen molar-refractivity contribution in [1.82, 2.24) is 0 Å². The minimum atomic E-state index is -2.58. The summed E-state index contributed by atoms with van der Waals surface area (Å²) in [4.78, 5) is 12.4. The van der Waals surface area contributed by atoms with Gasteiger partial charge in [-0.15, -0.1) is 0 Å². The van der Waals surface area contributed by atoms with E-state index in [1.807, 2.05) is 0 Å². The van der Waals surface area contributed by atoms with Crippen molar-refractivity contribution in [1.29, 1.82) is 0 Å². The van der Waals surface area contributed by atoms with Crippen molar-refractivity contribution in [2.45, 2.75) is 18.3 Å². The maximum atomic E-state index is 12.4. The quantitative estimate of drug-likeness (QED) is 0.804. The molecule has 0 bridgehead atoms. The zero-order valence-electron chi connectivity index (χ0n) is 15.6. The van der Waals surface area contributed by atoms with Crippen molar-refractivity contribution in [2.24, 2.45) is 5.73 Å². The van der Waals surface area contributed by atoms with Gasteiger partial charge in [0.2, 0.25) is 0 Å². The molecule has 0 saturated carbocycles. The predicted molar refractivity (Wildman–Crippen MR) is 60.7 cm³/mol. The van der Waals surface area contributed by atoms with Gasteiger partial charge in [-0.2, -0.15) is 0 Å². The van der Waals surface area contributed by atoms with E-state index in [1.54, 1.807) is 0 Å². The maximum Gasteiger partial charge on any atom is 0.179 e. The highest BCUT2D eigenvalue weighted by molar-refractivity contribution is 6.31. The van der Waals surface area contributed by atoms with Gasteiger partial charge < -0.3 is 5.73 Å². The molecule has 0 heterocycles. The summed E-state index contributed by atoms with van der Waals surface area (Å²) in [5, 5.41) is -0.572. The van der Waals surface area contributed by atoms with Crippen LogP contribution in [0.3, 0.4) is 0 Å². The maximum absolute atomic E-state index is 12.4. The van der Waals surface area contributed by atoms with Crippen molar-refractivity contribution in [3.63, 3.8) is 0 Å². The Balaban J connectivity index is 2.92. The lowest BCUT2D eigenvalue weighted by Crippen LogP contribution is -2.45. The predicted octanol–water partition coefficient (Wildman–Crippen LogP) is 2.41. The molecule has 3 heteroatoms. The van der Waals surface area contributed by atoms with E-state index >= 15 is 0 Å². The molecule has 1 aromatic carbocycles. The normalized spacial score (nSPS) is 37.9. The lowest BCUT2D eigenvalue weighted by Gasteiger charge is -2.30. The summed E-state index contributed by atoms with van der Waals surface area (Å²) >= 11 is 5.94. The Kier molecular flexibility index (Phi) is 1.11. The molecule has 1 aliphatic carbocycles. The SMILES string of the molecule is [2H]C1=C([2H])C(=O)C(N)(c2c([2H])c([2H])c([2H])c([2H])c2Cl)C([2H])([2H])C1. The van der Waals surface area contributed by atoms with Crippen molar-refractivity contribution in [3.05, 3.63) is 46.9 Å². The first-order valence-electron chi connectivity index (χ1n) is 8.14. The summed E-state index contributed by atoms with van der Waals surface area (Å²) in [6, 6.07) is -4.07. The van der Waals surface area contributed by atoms with E-state index < -0.39 is 71.0 Å². The number of benzene rings is 1. The summed E-state index contributed by atoms with van der Waals surface area (Å²) in [5.74, 6) is -1.24. The lowest BCUT2D eigenvalue weighted by molar-refractivity contribution is -0.120. The van der Waals surface area contributed by atoms with E-state index in [0.717, 1.165) is 0 Å². The molecule has 1 aliphatic rings. The van der Waals surface area contributed by atoms with Crippen LogP contribution in [0.4, 0.5) is 0 Å². The first kappa shape index (κ1) is 4.40. The molecule has 2 rings (SSSR count). The number of rotatable bonds is 1. The average Bonchev–Trinajstić information content (AvgIpc) is 2.47. The van der Waals surface area contributed by atoms with Gasteiger partial charge in [-0.05, 0) is 30.5 Å². The fourth-order valence-electron chi connectivity index (χ4n) is 1.26. The van der Waals surface area contributed by atoms with Gasteiger partial charge in [-0.1, -0.05) is 35.8 Å². The Bertz CT molecular complexity index is 733. The van der Waals surface area contributed by atoms with Crippen LogP contribution >= 0.6 is 11.6 Å². The summed E-state index contributed by atoms with van der Waals surface area (Å²) in [7, 11) is 0. The van der Waals surface area contributed by atoms with Gasteiger partial charge in [-0.25, -0.2) is 0 Å². The Morgan fingerprint density at radius 3 is 3.07 bits per heavy atom. The fourth-order valence-corrected chi connectivity index (χ4v) is 1.50. The van der Waals surface area contributed by atoms with Crippen LogP contribution < -0.4 is 5.73 Å². The van der Waals surface area contributed by atoms with Gasteiger partial charge in [0.05, 0.1) is 8.22 Å². The van der Waals surface area contributed by atoms with Crippen LogP contribution in [0, 0.1) is 0 Å². The second-order valence-corrected chi connectivity index (χ2v) is 3.36. The first-order chi connectivity index (χ1) is 10.4. The minimum Gasteiger partial charge on any atom is -0.315 e. The molecule has 78 valence electrons. The number of nitrogens with two attached hydrogens (primary N) is 1. The van der Waals surface area contributed by atoms with Crippen molar-refractivity contribution >= 4 is 17.4 Å². The molecular weight excluding hydrogens is 210 g/mol. The molecule has 0 aromatic heterocycles. The number of hydrogen-bond acceptors (Lipinski definition) is 2. The highest BCUT2D eigenvalue weighted by atomic mass is 35.5. The zero-order valence-corrected chi connectivity index (χ0v) is 8.33. The molecule has 1 atom stereocenters. The van der Waals surface area contributed by atoms with Crippen LogP contribution in [0.15, 0.2) is 36.3 Å². The highest BCUT2D eigenvalue weighted by Crippen LogP contribution is 2.33. The molecule has 0 fully saturated rings. The average molecular weight is 230 g/mol. The molecule has 0 spiro atoms. The molecule has 0 saturated heterocycles. The van der Waals surface area contributed by atoms with E-state index in [4.69, 9.17) is 28.3 Å². The van der Waals surface area contributed by atoms with E-state index in [0.29, 0.717) is 0 Å². The van der Waals surface area contributed by atoms with Gasteiger partial charge in [0, 0.05) is 7.76 Å². The van der Waals surface area contributed by atoms with Gasteiger partial charge in [-0.3, -0.25) is 4.79 Å². The van der Waals surface area contributed by atoms with Crippen LogP contribution in [0.2, 0.25) is 5.02 Å². The summed E-state index contributed by atoms with van der Waals surface area (Å²) in [5.41, 5.74) is 2.77. The topological polar surface area (TPSA) is 43.1 Å². The van der Waals surface area contributed by atoms with Crippen LogP contribution in [0.5, 0.6) is 0 Å². The first-order valence-corrected chi connectivity index (χ1v) is 4.52. The molecule has 2 nitrogen and oxygen atoms in total. The number of halogens is 1. The molecule has 1 unspecified atom stereocenters. The van der Waals surface area contributed by atoms with Crippen LogP contribution in [-0.4, -0.2) is 5.78 Å². The van der Waals surface area contributed by atoms with Crippen molar-refractivity contribution in [3.8, 4) is 0 Å². The monoisotopic (exact) mass is 229 g/mol. The Hall–Kier alpha value is -1.12. The van der Waals surface area contributed by atoms with Crippen LogP contribution in [0.25, 0.3) is 0 Å². The second-order valence-electron chi connectivity index (χ2n) is 2.98. The molecular formula is C12H12ClNO. The van der Waals surface area contributed by atoms with Crippen molar-refractivity contribution < 1.29 is 15.8 Å². The van der Waals surface area contributed by atoms with Gasteiger partial charge in [0.25, 0.3) is 0 Å². The number of carbonyl (C=O) groups excluding carboxylic acids is 1. The molecule has 2 N–H and O–H groups in total. The van der Waals surface area contributed by atoms with Crippen LogP contribution in [0.1, 0.15) is 29.3 Å². The molecule has 1 aromatic rings. The highest BCUT2D eigenvalue weighted by Gasteiger charge is 2.36. The van der Waals surface area contributed by atoms with Gasteiger partial charge >= 0.3 is 0 Å². The Labute approximate surface area is 105 Å². The summed E-state index contributed by atoms with van der Waals surface area (Å²) in [6.07, 6.45) is -3.19. The number of carbonyl (C=O) groups is 1. The zero-order chi connectivity index (χ0) is 17.9. The number of hydrogen-bond donors (Lipinski definition) is 1. The third-order valence-electron chi connectivity index (χ3n) is 2.05. The fraction of sp³-hybridized carbons (Fsp3) is 0.250. The Morgan fingerprint density at radius 2 is 2.27 bits per heavy atom. The summed E-state index contributed by atoms with van der Waals surface area (Å²) in [6.45, 7) is 0. The van der Waals surface area contributed by atoms with Gasteiger partial charge in [0.1, 0.15) is 5.54 Å². The summed E-state index contributed by atoms with van der Waals surface area (Å²) < 4.78 is 62.0. The van der Waals surface area contributed by atoms with E-state index in [1.165, 1.54) is 0 Å². The molecule has 0 amide bonds.